The minimum absolute atomic E-state index is 0.0748. The fourth-order valence-electron chi connectivity index (χ4n) is 2.60. The van der Waals surface area contributed by atoms with Gasteiger partial charge in [0.15, 0.2) is 5.82 Å². The number of hydrogen-bond donors (Lipinski definition) is 1. The highest BCUT2D eigenvalue weighted by Crippen LogP contribution is 2.32. The lowest BCUT2D eigenvalue weighted by Gasteiger charge is -2.10. The van der Waals surface area contributed by atoms with Crippen molar-refractivity contribution in [1.82, 2.24) is 25.0 Å². The van der Waals surface area contributed by atoms with Crippen LogP contribution in [0.25, 0.3) is 28.2 Å². The van der Waals surface area contributed by atoms with Crippen LogP contribution >= 0.6 is 11.6 Å². The fraction of sp³-hybridized carbons (Fsp3) is 0. The van der Waals surface area contributed by atoms with Crippen molar-refractivity contribution in [3.05, 3.63) is 82.2 Å². The Hall–Kier alpha value is -3.32. The van der Waals surface area contributed by atoms with Gasteiger partial charge in [-0.2, -0.15) is 0 Å². The van der Waals surface area contributed by atoms with Gasteiger partial charge in [-0.1, -0.05) is 47.1 Å². The number of rotatable bonds is 3. The molecule has 26 heavy (non-hydrogen) atoms. The molecule has 0 aliphatic carbocycles. The van der Waals surface area contributed by atoms with Crippen LogP contribution in [0, 0.1) is 5.82 Å². The van der Waals surface area contributed by atoms with Crippen molar-refractivity contribution in [1.29, 1.82) is 0 Å². The highest BCUT2D eigenvalue weighted by atomic mass is 35.5. The van der Waals surface area contributed by atoms with Crippen molar-refractivity contribution in [2.24, 2.45) is 0 Å². The number of hydrogen-bond acceptors (Lipinski definition) is 4. The maximum Gasteiger partial charge on any atom is 0.251 e. The predicted octanol–water partition coefficient (Wildman–Crippen LogP) is 3.48. The number of benzene rings is 2. The quantitative estimate of drug-likeness (QED) is 0.601. The number of aromatic amines is 1. The molecule has 2 heterocycles. The second-order valence-electron chi connectivity index (χ2n) is 5.47. The van der Waals surface area contributed by atoms with Gasteiger partial charge in [0.05, 0.1) is 34.5 Å². The Morgan fingerprint density at radius 3 is 2.65 bits per heavy atom. The minimum Gasteiger partial charge on any atom is -0.313 e. The van der Waals surface area contributed by atoms with Gasteiger partial charge in [-0.25, -0.2) is 14.1 Å². The van der Waals surface area contributed by atoms with E-state index in [0.717, 1.165) is 5.56 Å². The highest BCUT2D eigenvalue weighted by molar-refractivity contribution is 6.31. The number of aromatic nitrogens is 5. The third-order valence-electron chi connectivity index (χ3n) is 3.82. The van der Waals surface area contributed by atoms with Gasteiger partial charge in [0.1, 0.15) is 5.69 Å². The van der Waals surface area contributed by atoms with Crippen LogP contribution in [0.2, 0.25) is 5.02 Å². The molecule has 0 radical (unpaired) electrons. The number of H-pyrrole nitrogens is 1. The maximum absolute atomic E-state index is 14.7. The van der Waals surface area contributed by atoms with E-state index in [1.54, 1.807) is 12.3 Å². The molecule has 0 aliphatic heterocycles. The summed E-state index contributed by atoms with van der Waals surface area (Å²) in [5.74, 6) is -0.681. The summed E-state index contributed by atoms with van der Waals surface area (Å²) in [6.45, 7) is 0. The Morgan fingerprint density at radius 2 is 1.88 bits per heavy atom. The van der Waals surface area contributed by atoms with Crippen LogP contribution in [-0.4, -0.2) is 25.0 Å². The van der Waals surface area contributed by atoms with Gasteiger partial charge in [0.2, 0.25) is 0 Å². The summed E-state index contributed by atoms with van der Waals surface area (Å²) in [5, 5.41) is 8.15. The van der Waals surface area contributed by atoms with Crippen LogP contribution in [0.15, 0.2) is 65.8 Å². The molecular formula is C18H11ClFN5O. The van der Waals surface area contributed by atoms with E-state index in [0.29, 0.717) is 11.4 Å². The summed E-state index contributed by atoms with van der Waals surface area (Å²) in [7, 11) is 0. The summed E-state index contributed by atoms with van der Waals surface area (Å²) in [6, 6.07) is 13.7. The molecule has 128 valence electrons. The lowest BCUT2D eigenvalue weighted by molar-refractivity contribution is 0.628. The Balaban J connectivity index is 1.89. The summed E-state index contributed by atoms with van der Waals surface area (Å²) in [4.78, 5) is 18.1. The van der Waals surface area contributed by atoms with Gasteiger partial charge in [0.25, 0.3) is 5.56 Å². The van der Waals surface area contributed by atoms with Crippen LogP contribution < -0.4 is 5.56 Å². The smallest absolute Gasteiger partial charge is 0.251 e. The van der Waals surface area contributed by atoms with Crippen LogP contribution in [0.4, 0.5) is 4.39 Å². The van der Waals surface area contributed by atoms with E-state index in [4.69, 9.17) is 11.6 Å². The monoisotopic (exact) mass is 367 g/mol. The molecule has 0 unspecified atom stereocenters. The van der Waals surface area contributed by atoms with E-state index in [1.165, 1.54) is 23.1 Å². The van der Waals surface area contributed by atoms with E-state index in [-0.39, 0.29) is 16.3 Å². The van der Waals surface area contributed by atoms with Crippen LogP contribution in [0.5, 0.6) is 0 Å². The lowest BCUT2D eigenvalue weighted by Crippen LogP contribution is -2.07. The van der Waals surface area contributed by atoms with Crippen LogP contribution in [0.3, 0.4) is 0 Å². The van der Waals surface area contributed by atoms with Crippen LogP contribution in [-0.2, 0) is 0 Å². The number of halogens is 2. The molecule has 8 heteroatoms. The second kappa shape index (κ2) is 6.53. The SMILES string of the molecule is O=c1cc(-c2c(-n3cc(-c4ccccc4)nn3)ccc(Cl)c2F)nc[nH]1. The first-order valence-corrected chi connectivity index (χ1v) is 8.02. The third-order valence-corrected chi connectivity index (χ3v) is 4.11. The zero-order valence-corrected chi connectivity index (χ0v) is 14.0. The van der Waals surface area contributed by atoms with Gasteiger partial charge in [-0.15, -0.1) is 5.10 Å². The highest BCUT2D eigenvalue weighted by Gasteiger charge is 2.18. The molecule has 4 aromatic rings. The number of nitrogens with one attached hydrogen (secondary N) is 1. The van der Waals surface area contributed by atoms with Gasteiger partial charge in [-0.3, -0.25) is 4.79 Å². The molecule has 0 saturated carbocycles. The zero-order valence-electron chi connectivity index (χ0n) is 13.2. The Morgan fingerprint density at radius 1 is 1.08 bits per heavy atom. The molecule has 0 amide bonds. The first-order chi connectivity index (χ1) is 12.6. The second-order valence-corrected chi connectivity index (χ2v) is 5.87. The molecular weight excluding hydrogens is 357 g/mol. The van der Waals surface area contributed by atoms with E-state index >= 15 is 0 Å². The Kier molecular flexibility index (Phi) is 4.06. The van der Waals surface area contributed by atoms with Gasteiger partial charge in [-0.05, 0) is 12.1 Å². The predicted molar refractivity (Wildman–Crippen MR) is 95.6 cm³/mol. The molecule has 2 aromatic heterocycles. The van der Waals surface area contributed by atoms with Crippen molar-refractivity contribution >= 4 is 11.6 Å². The Bertz CT molecular complexity index is 1140. The molecule has 1 N–H and O–H groups in total. The summed E-state index contributed by atoms with van der Waals surface area (Å²) in [5.41, 5.74) is 1.71. The molecule has 6 nitrogen and oxygen atoms in total. The van der Waals surface area contributed by atoms with Crippen molar-refractivity contribution in [3.63, 3.8) is 0 Å². The molecule has 0 aliphatic rings. The maximum atomic E-state index is 14.7. The molecule has 4 rings (SSSR count). The van der Waals surface area contributed by atoms with Crippen LogP contribution in [0.1, 0.15) is 0 Å². The summed E-state index contributed by atoms with van der Waals surface area (Å²) >= 11 is 5.93. The summed E-state index contributed by atoms with van der Waals surface area (Å²) in [6.07, 6.45) is 2.88. The van der Waals surface area contributed by atoms with Gasteiger partial charge < -0.3 is 4.98 Å². The molecule has 2 aromatic carbocycles. The molecule has 0 bridgehead atoms. The van der Waals surface area contributed by atoms with E-state index < -0.39 is 11.4 Å². The van der Waals surface area contributed by atoms with Crippen molar-refractivity contribution < 1.29 is 4.39 Å². The van der Waals surface area contributed by atoms with Gasteiger partial charge >= 0.3 is 0 Å². The molecule has 0 fully saturated rings. The first-order valence-electron chi connectivity index (χ1n) is 7.65. The van der Waals surface area contributed by atoms with Gasteiger partial charge in [0, 0.05) is 11.6 Å². The Labute approximate surface area is 151 Å². The average molecular weight is 368 g/mol. The zero-order chi connectivity index (χ0) is 18.1. The van der Waals surface area contributed by atoms with Crippen molar-refractivity contribution in [3.8, 4) is 28.2 Å². The summed E-state index contributed by atoms with van der Waals surface area (Å²) < 4.78 is 16.2. The minimum atomic E-state index is -0.681. The molecule has 0 saturated heterocycles. The topological polar surface area (TPSA) is 76.5 Å². The third kappa shape index (κ3) is 2.89. The fourth-order valence-corrected chi connectivity index (χ4v) is 2.76. The van der Waals surface area contributed by atoms with Crippen molar-refractivity contribution in [2.45, 2.75) is 0 Å². The normalized spacial score (nSPS) is 10.8. The first kappa shape index (κ1) is 16.2. The molecule has 0 spiro atoms. The van der Waals surface area contributed by atoms with E-state index in [9.17, 15) is 9.18 Å². The largest absolute Gasteiger partial charge is 0.313 e. The molecule has 0 atom stereocenters. The van der Waals surface area contributed by atoms with E-state index in [2.05, 4.69) is 20.3 Å². The lowest BCUT2D eigenvalue weighted by atomic mass is 10.1. The standard InChI is InChI=1S/C18H11ClFN5O/c19-12-6-7-15(17(18(12)20)13-8-16(26)22-10-21-13)25-9-14(23-24-25)11-4-2-1-3-5-11/h1-10H,(H,21,22,26). The average Bonchev–Trinajstić information content (AvgIpc) is 3.14. The van der Waals surface area contributed by atoms with E-state index in [1.807, 2.05) is 30.3 Å². The number of nitrogens with zero attached hydrogens (tertiary/aromatic N) is 4. The van der Waals surface area contributed by atoms with Crippen molar-refractivity contribution in [2.75, 3.05) is 0 Å².